The molecule has 0 radical (unpaired) electrons. The summed E-state index contributed by atoms with van der Waals surface area (Å²) in [7, 11) is 0. The minimum absolute atomic E-state index is 0.144. The lowest BCUT2D eigenvalue weighted by molar-refractivity contribution is -0.116. The fourth-order valence-corrected chi connectivity index (χ4v) is 3.21. The van der Waals surface area contributed by atoms with Gasteiger partial charge in [0.2, 0.25) is 5.91 Å². The SMILES string of the molecule is CCCOc1ccc(C(=O)N(CC)CC(=O)Nc2c(Cl)cccc2Cl)cc1OCC. The Bertz CT molecular complexity index is 869. The summed E-state index contributed by atoms with van der Waals surface area (Å²) in [5, 5.41) is 3.33. The van der Waals surface area contributed by atoms with E-state index in [0.717, 1.165) is 6.42 Å². The van der Waals surface area contributed by atoms with E-state index >= 15 is 0 Å². The first-order valence-electron chi connectivity index (χ1n) is 9.83. The van der Waals surface area contributed by atoms with Crippen molar-refractivity contribution in [1.82, 2.24) is 4.90 Å². The lowest BCUT2D eigenvalue weighted by atomic mass is 10.1. The predicted octanol–water partition coefficient (Wildman–Crippen LogP) is 5.28. The van der Waals surface area contributed by atoms with Crippen LogP contribution in [0.15, 0.2) is 36.4 Å². The van der Waals surface area contributed by atoms with Crippen LogP contribution in [-0.2, 0) is 4.79 Å². The smallest absolute Gasteiger partial charge is 0.254 e. The molecule has 2 aromatic rings. The number of nitrogens with zero attached hydrogens (tertiary/aromatic N) is 1. The second kappa shape index (κ2) is 11.7. The van der Waals surface area contributed by atoms with Crippen LogP contribution >= 0.6 is 23.2 Å². The maximum absolute atomic E-state index is 13.0. The number of carbonyl (C=O) groups is 2. The largest absolute Gasteiger partial charge is 0.490 e. The van der Waals surface area contributed by atoms with Crippen molar-refractivity contribution in [3.8, 4) is 11.5 Å². The number of likely N-dealkylation sites (N-methyl/N-ethyl adjacent to an activating group) is 1. The van der Waals surface area contributed by atoms with Crippen molar-refractivity contribution in [3.05, 3.63) is 52.0 Å². The van der Waals surface area contributed by atoms with Gasteiger partial charge >= 0.3 is 0 Å². The van der Waals surface area contributed by atoms with Crippen molar-refractivity contribution in [3.63, 3.8) is 0 Å². The molecule has 6 nitrogen and oxygen atoms in total. The van der Waals surface area contributed by atoms with E-state index in [-0.39, 0.29) is 12.5 Å². The molecule has 8 heteroatoms. The van der Waals surface area contributed by atoms with Gasteiger partial charge in [0.05, 0.1) is 28.9 Å². The Balaban J connectivity index is 2.15. The summed E-state index contributed by atoms with van der Waals surface area (Å²) in [5.74, 6) is 0.401. The summed E-state index contributed by atoms with van der Waals surface area (Å²) in [6.07, 6.45) is 0.862. The maximum Gasteiger partial charge on any atom is 0.254 e. The van der Waals surface area contributed by atoms with Crippen LogP contribution in [0.4, 0.5) is 5.69 Å². The molecule has 0 saturated heterocycles. The number of halogens is 2. The average Bonchev–Trinajstić information content (AvgIpc) is 2.73. The molecule has 2 rings (SSSR count). The van der Waals surface area contributed by atoms with Gasteiger partial charge in [-0.2, -0.15) is 0 Å². The molecule has 2 aromatic carbocycles. The number of hydrogen-bond acceptors (Lipinski definition) is 4. The molecule has 0 aromatic heterocycles. The normalized spacial score (nSPS) is 10.4. The number of anilines is 1. The van der Waals surface area contributed by atoms with Crippen molar-refractivity contribution in [2.75, 3.05) is 31.6 Å². The van der Waals surface area contributed by atoms with E-state index in [1.165, 1.54) is 4.90 Å². The van der Waals surface area contributed by atoms with E-state index in [1.807, 2.05) is 13.8 Å². The average molecular weight is 453 g/mol. The van der Waals surface area contributed by atoms with E-state index in [4.69, 9.17) is 32.7 Å². The molecular formula is C22H26Cl2N2O4. The fraction of sp³-hybridized carbons (Fsp3) is 0.364. The highest BCUT2D eigenvalue weighted by molar-refractivity contribution is 6.39. The standard InChI is InChI=1S/C22H26Cl2N2O4/c1-4-12-30-18-11-10-15(13-19(18)29-6-3)22(28)26(5-2)14-20(27)25-21-16(23)8-7-9-17(21)24/h7-11,13H,4-6,12,14H2,1-3H3,(H,25,27). The zero-order valence-corrected chi connectivity index (χ0v) is 18.8. The molecule has 0 unspecified atom stereocenters. The highest BCUT2D eigenvalue weighted by Gasteiger charge is 2.20. The van der Waals surface area contributed by atoms with Crippen molar-refractivity contribution in [1.29, 1.82) is 0 Å². The van der Waals surface area contributed by atoms with Crippen LogP contribution in [0.3, 0.4) is 0 Å². The summed E-state index contributed by atoms with van der Waals surface area (Å²) in [5.41, 5.74) is 0.734. The molecule has 0 saturated carbocycles. The molecule has 0 heterocycles. The first kappa shape index (κ1) is 23.8. The number of para-hydroxylation sites is 1. The number of hydrogen-bond donors (Lipinski definition) is 1. The topological polar surface area (TPSA) is 67.9 Å². The van der Waals surface area contributed by atoms with Gasteiger partial charge in [-0.05, 0) is 50.6 Å². The molecule has 0 aliphatic heterocycles. The molecule has 0 bridgehead atoms. The molecule has 0 aliphatic rings. The van der Waals surface area contributed by atoms with E-state index < -0.39 is 5.91 Å². The third kappa shape index (κ3) is 6.28. The maximum atomic E-state index is 13.0. The second-order valence-corrected chi connectivity index (χ2v) is 7.22. The Morgan fingerprint density at radius 3 is 2.30 bits per heavy atom. The first-order valence-corrected chi connectivity index (χ1v) is 10.6. The van der Waals surface area contributed by atoms with Gasteiger partial charge < -0.3 is 19.7 Å². The van der Waals surface area contributed by atoms with Crippen molar-refractivity contribution >= 4 is 40.7 Å². The summed E-state index contributed by atoms with van der Waals surface area (Å²) in [6.45, 7) is 6.88. The molecule has 162 valence electrons. The predicted molar refractivity (Wildman–Crippen MR) is 120 cm³/mol. The summed E-state index contributed by atoms with van der Waals surface area (Å²) in [6, 6.07) is 9.97. The van der Waals surface area contributed by atoms with Crippen LogP contribution in [0.25, 0.3) is 0 Å². The zero-order valence-electron chi connectivity index (χ0n) is 17.3. The van der Waals surface area contributed by atoms with Crippen molar-refractivity contribution in [2.45, 2.75) is 27.2 Å². The molecule has 2 amide bonds. The van der Waals surface area contributed by atoms with Crippen molar-refractivity contribution in [2.24, 2.45) is 0 Å². The van der Waals surface area contributed by atoms with Gasteiger partial charge in [-0.3, -0.25) is 9.59 Å². The third-order valence-electron chi connectivity index (χ3n) is 4.18. The van der Waals surface area contributed by atoms with E-state index in [1.54, 1.807) is 43.3 Å². The van der Waals surface area contributed by atoms with Crippen LogP contribution < -0.4 is 14.8 Å². The highest BCUT2D eigenvalue weighted by Crippen LogP contribution is 2.30. The van der Waals surface area contributed by atoms with Crippen LogP contribution in [0.5, 0.6) is 11.5 Å². The van der Waals surface area contributed by atoms with E-state index in [0.29, 0.717) is 52.6 Å². The minimum Gasteiger partial charge on any atom is -0.490 e. The van der Waals surface area contributed by atoms with Gasteiger partial charge in [-0.15, -0.1) is 0 Å². The van der Waals surface area contributed by atoms with Crippen LogP contribution in [0.1, 0.15) is 37.6 Å². The molecule has 0 atom stereocenters. The lowest BCUT2D eigenvalue weighted by Gasteiger charge is -2.21. The number of ether oxygens (including phenoxy) is 2. The van der Waals surface area contributed by atoms with Gasteiger partial charge in [0.25, 0.3) is 5.91 Å². The molecule has 0 spiro atoms. The summed E-state index contributed by atoms with van der Waals surface area (Å²) in [4.78, 5) is 26.9. The summed E-state index contributed by atoms with van der Waals surface area (Å²) >= 11 is 12.2. The van der Waals surface area contributed by atoms with Crippen LogP contribution in [-0.4, -0.2) is 43.0 Å². The van der Waals surface area contributed by atoms with E-state index in [2.05, 4.69) is 5.32 Å². The van der Waals surface area contributed by atoms with Crippen LogP contribution in [0, 0.1) is 0 Å². The Kier molecular flexibility index (Phi) is 9.27. The number of carbonyl (C=O) groups excluding carboxylic acids is 2. The van der Waals surface area contributed by atoms with Gasteiger partial charge in [0.15, 0.2) is 11.5 Å². The number of rotatable bonds is 10. The Labute approximate surface area is 187 Å². The highest BCUT2D eigenvalue weighted by atomic mass is 35.5. The quantitative estimate of drug-likeness (QED) is 0.532. The van der Waals surface area contributed by atoms with Gasteiger partial charge in [-0.1, -0.05) is 36.2 Å². The number of amides is 2. The molecule has 1 N–H and O–H groups in total. The Morgan fingerprint density at radius 2 is 1.70 bits per heavy atom. The summed E-state index contributed by atoms with van der Waals surface area (Å²) < 4.78 is 11.3. The number of benzene rings is 2. The van der Waals surface area contributed by atoms with Gasteiger partial charge in [-0.25, -0.2) is 0 Å². The molecule has 30 heavy (non-hydrogen) atoms. The second-order valence-electron chi connectivity index (χ2n) is 6.41. The van der Waals surface area contributed by atoms with Crippen molar-refractivity contribution < 1.29 is 19.1 Å². The Morgan fingerprint density at radius 1 is 1.00 bits per heavy atom. The monoisotopic (exact) mass is 452 g/mol. The van der Waals surface area contributed by atoms with Crippen LogP contribution in [0.2, 0.25) is 10.0 Å². The lowest BCUT2D eigenvalue weighted by Crippen LogP contribution is -2.38. The molecule has 0 aliphatic carbocycles. The van der Waals surface area contributed by atoms with Gasteiger partial charge in [0.1, 0.15) is 6.54 Å². The first-order chi connectivity index (χ1) is 14.4. The Hall–Kier alpha value is -2.44. The number of nitrogens with one attached hydrogen (secondary N) is 1. The third-order valence-corrected chi connectivity index (χ3v) is 4.81. The fourth-order valence-electron chi connectivity index (χ4n) is 2.72. The zero-order chi connectivity index (χ0) is 22.1. The molecule has 0 fully saturated rings. The van der Waals surface area contributed by atoms with Gasteiger partial charge in [0, 0.05) is 12.1 Å². The minimum atomic E-state index is -0.395. The molecular weight excluding hydrogens is 427 g/mol. The van der Waals surface area contributed by atoms with E-state index in [9.17, 15) is 9.59 Å².